The van der Waals surface area contributed by atoms with Gasteiger partial charge < -0.3 is 14.6 Å². The zero-order valence-corrected chi connectivity index (χ0v) is 13.3. The van der Waals surface area contributed by atoms with Crippen LogP contribution in [0, 0.1) is 5.82 Å². The van der Waals surface area contributed by atoms with Gasteiger partial charge in [0.15, 0.2) is 5.76 Å². The molecule has 0 radical (unpaired) electrons. The van der Waals surface area contributed by atoms with Gasteiger partial charge in [0.05, 0.1) is 6.54 Å². The van der Waals surface area contributed by atoms with Crippen LogP contribution in [0.2, 0.25) is 0 Å². The topological polar surface area (TPSA) is 62.6 Å². The van der Waals surface area contributed by atoms with Crippen LogP contribution >= 0.6 is 0 Å². The molecule has 122 valence electrons. The SMILES string of the molecule is CC(C)NC(=O)CN(C)C(=O)c1ccc(-c2ccc(F)cc2)o1. The van der Waals surface area contributed by atoms with Crippen molar-refractivity contribution in [2.45, 2.75) is 19.9 Å². The van der Waals surface area contributed by atoms with Crippen molar-refractivity contribution >= 4 is 11.8 Å². The van der Waals surface area contributed by atoms with Crippen LogP contribution < -0.4 is 5.32 Å². The van der Waals surface area contributed by atoms with Crippen molar-refractivity contribution in [2.75, 3.05) is 13.6 Å². The number of rotatable bonds is 5. The fourth-order valence-electron chi connectivity index (χ4n) is 2.07. The molecule has 0 unspecified atom stereocenters. The average molecular weight is 318 g/mol. The van der Waals surface area contributed by atoms with Crippen molar-refractivity contribution in [2.24, 2.45) is 0 Å². The summed E-state index contributed by atoms with van der Waals surface area (Å²) >= 11 is 0. The number of hydrogen-bond acceptors (Lipinski definition) is 3. The molecule has 0 bridgehead atoms. The van der Waals surface area contributed by atoms with E-state index in [4.69, 9.17) is 4.42 Å². The molecule has 5 nitrogen and oxygen atoms in total. The van der Waals surface area contributed by atoms with Crippen LogP contribution in [-0.4, -0.2) is 36.3 Å². The third-order valence-electron chi connectivity index (χ3n) is 3.12. The van der Waals surface area contributed by atoms with Gasteiger partial charge >= 0.3 is 0 Å². The van der Waals surface area contributed by atoms with Gasteiger partial charge in [0.2, 0.25) is 5.91 Å². The fourth-order valence-corrected chi connectivity index (χ4v) is 2.07. The number of nitrogens with zero attached hydrogens (tertiary/aromatic N) is 1. The number of carbonyl (C=O) groups is 2. The second-order valence-corrected chi connectivity index (χ2v) is 5.55. The number of likely N-dealkylation sites (N-methyl/N-ethyl adjacent to an activating group) is 1. The van der Waals surface area contributed by atoms with Crippen molar-refractivity contribution in [3.63, 3.8) is 0 Å². The molecule has 0 aliphatic carbocycles. The smallest absolute Gasteiger partial charge is 0.289 e. The Kier molecular flexibility index (Phi) is 5.16. The summed E-state index contributed by atoms with van der Waals surface area (Å²) in [6, 6.07) is 8.98. The number of halogens is 1. The first-order chi connectivity index (χ1) is 10.9. The van der Waals surface area contributed by atoms with Gasteiger partial charge in [0, 0.05) is 18.7 Å². The van der Waals surface area contributed by atoms with Gasteiger partial charge in [-0.3, -0.25) is 9.59 Å². The average Bonchev–Trinajstić information content (AvgIpc) is 2.95. The normalized spacial score (nSPS) is 10.7. The molecule has 2 rings (SSSR count). The molecule has 0 fully saturated rings. The van der Waals surface area contributed by atoms with Crippen LogP contribution in [0.25, 0.3) is 11.3 Å². The Hall–Kier alpha value is -2.63. The molecule has 0 atom stereocenters. The standard InChI is InChI=1S/C17H19FN2O3/c1-11(2)19-16(21)10-20(3)17(22)15-9-8-14(23-15)12-4-6-13(18)7-5-12/h4-9,11H,10H2,1-3H3,(H,19,21). The highest BCUT2D eigenvalue weighted by Gasteiger charge is 2.19. The Bertz CT molecular complexity index is 692. The first-order valence-corrected chi connectivity index (χ1v) is 7.27. The molecule has 1 heterocycles. The second-order valence-electron chi connectivity index (χ2n) is 5.55. The summed E-state index contributed by atoms with van der Waals surface area (Å²) < 4.78 is 18.4. The van der Waals surface area contributed by atoms with Crippen molar-refractivity contribution in [1.82, 2.24) is 10.2 Å². The van der Waals surface area contributed by atoms with Crippen LogP contribution in [0.3, 0.4) is 0 Å². The largest absolute Gasteiger partial charge is 0.451 e. The van der Waals surface area contributed by atoms with Crippen LogP contribution in [0.1, 0.15) is 24.4 Å². The number of nitrogens with one attached hydrogen (secondary N) is 1. The van der Waals surface area contributed by atoms with E-state index in [0.717, 1.165) is 0 Å². The van der Waals surface area contributed by atoms with E-state index in [-0.39, 0.29) is 30.1 Å². The van der Waals surface area contributed by atoms with Crippen molar-refractivity contribution < 1.29 is 18.4 Å². The molecule has 0 saturated carbocycles. The highest BCUT2D eigenvalue weighted by atomic mass is 19.1. The maximum absolute atomic E-state index is 12.9. The Labute approximate surface area is 134 Å². The minimum absolute atomic E-state index is 0.0136. The summed E-state index contributed by atoms with van der Waals surface area (Å²) in [6.45, 7) is 3.64. The highest BCUT2D eigenvalue weighted by Crippen LogP contribution is 2.23. The molecule has 0 aliphatic heterocycles. The molecular formula is C17H19FN2O3. The number of furan rings is 1. The van der Waals surface area contributed by atoms with Gasteiger partial charge in [-0.05, 0) is 50.2 Å². The predicted molar refractivity (Wildman–Crippen MR) is 84.3 cm³/mol. The molecule has 23 heavy (non-hydrogen) atoms. The number of benzene rings is 1. The Balaban J connectivity index is 2.06. The molecule has 0 aliphatic rings. The minimum Gasteiger partial charge on any atom is -0.451 e. The monoisotopic (exact) mass is 318 g/mol. The Morgan fingerprint density at radius 2 is 1.83 bits per heavy atom. The number of amides is 2. The van der Waals surface area contributed by atoms with Crippen LogP contribution in [0.5, 0.6) is 0 Å². The van der Waals surface area contributed by atoms with Gasteiger partial charge in [-0.25, -0.2) is 4.39 Å². The minimum atomic E-state index is -0.391. The first kappa shape index (κ1) is 16.7. The van der Waals surface area contributed by atoms with Gasteiger partial charge in [-0.15, -0.1) is 0 Å². The first-order valence-electron chi connectivity index (χ1n) is 7.27. The molecule has 1 N–H and O–H groups in total. The van der Waals surface area contributed by atoms with E-state index in [0.29, 0.717) is 11.3 Å². The molecule has 2 amide bonds. The summed E-state index contributed by atoms with van der Waals surface area (Å²) in [4.78, 5) is 25.2. The van der Waals surface area contributed by atoms with E-state index < -0.39 is 5.91 Å². The van der Waals surface area contributed by atoms with E-state index in [1.165, 1.54) is 30.1 Å². The summed E-state index contributed by atoms with van der Waals surface area (Å²) in [7, 11) is 1.53. The summed E-state index contributed by atoms with van der Waals surface area (Å²) in [5.41, 5.74) is 0.672. The zero-order valence-electron chi connectivity index (χ0n) is 13.3. The van der Waals surface area contributed by atoms with Crippen LogP contribution in [-0.2, 0) is 4.79 Å². The van der Waals surface area contributed by atoms with Gasteiger partial charge in [-0.2, -0.15) is 0 Å². The lowest BCUT2D eigenvalue weighted by Crippen LogP contribution is -2.40. The van der Waals surface area contributed by atoms with E-state index in [1.807, 2.05) is 13.8 Å². The number of hydrogen-bond donors (Lipinski definition) is 1. The summed E-state index contributed by atoms with van der Waals surface area (Å²) in [5.74, 6) is -0.372. The van der Waals surface area contributed by atoms with Crippen LogP contribution in [0.4, 0.5) is 4.39 Å². The third kappa shape index (κ3) is 4.42. The lowest BCUT2D eigenvalue weighted by Gasteiger charge is -2.16. The third-order valence-corrected chi connectivity index (χ3v) is 3.12. The van der Waals surface area contributed by atoms with E-state index in [9.17, 15) is 14.0 Å². The maximum atomic E-state index is 12.9. The summed E-state index contributed by atoms with van der Waals surface area (Å²) in [6.07, 6.45) is 0. The highest BCUT2D eigenvalue weighted by molar-refractivity contribution is 5.94. The van der Waals surface area contributed by atoms with E-state index in [1.54, 1.807) is 18.2 Å². The van der Waals surface area contributed by atoms with E-state index >= 15 is 0 Å². The molecular weight excluding hydrogens is 299 g/mol. The second kappa shape index (κ2) is 7.09. The van der Waals surface area contributed by atoms with Crippen molar-refractivity contribution in [3.8, 4) is 11.3 Å². The quantitative estimate of drug-likeness (QED) is 0.922. The Morgan fingerprint density at radius 3 is 2.43 bits per heavy atom. The maximum Gasteiger partial charge on any atom is 0.289 e. The van der Waals surface area contributed by atoms with Gasteiger partial charge in [0.25, 0.3) is 5.91 Å². The van der Waals surface area contributed by atoms with E-state index in [2.05, 4.69) is 5.32 Å². The molecule has 6 heteroatoms. The van der Waals surface area contributed by atoms with Crippen molar-refractivity contribution in [3.05, 3.63) is 48.0 Å². The molecule has 0 spiro atoms. The summed E-state index contributed by atoms with van der Waals surface area (Å²) in [5, 5.41) is 2.72. The molecule has 2 aromatic rings. The number of carbonyl (C=O) groups excluding carboxylic acids is 2. The lowest BCUT2D eigenvalue weighted by molar-refractivity contribution is -0.122. The fraction of sp³-hybridized carbons (Fsp3) is 0.294. The van der Waals surface area contributed by atoms with Crippen molar-refractivity contribution in [1.29, 1.82) is 0 Å². The molecule has 1 aromatic carbocycles. The molecule has 1 aromatic heterocycles. The predicted octanol–water partition coefficient (Wildman–Crippen LogP) is 2.68. The van der Waals surface area contributed by atoms with Crippen LogP contribution in [0.15, 0.2) is 40.8 Å². The van der Waals surface area contributed by atoms with Gasteiger partial charge in [0.1, 0.15) is 11.6 Å². The zero-order chi connectivity index (χ0) is 17.0. The van der Waals surface area contributed by atoms with Gasteiger partial charge in [-0.1, -0.05) is 0 Å². The lowest BCUT2D eigenvalue weighted by atomic mass is 10.2. The molecule has 0 saturated heterocycles. The Morgan fingerprint density at radius 1 is 1.17 bits per heavy atom.